The van der Waals surface area contributed by atoms with Crippen LogP contribution in [0.15, 0.2) is 95.0 Å². The van der Waals surface area contributed by atoms with Crippen molar-refractivity contribution in [3.05, 3.63) is 121 Å². The second-order valence-electron chi connectivity index (χ2n) is 8.87. The van der Waals surface area contributed by atoms with E-state index < -0.39 is 5.91 Å². The van der Waals surface area contributed by atoms with Crippen LogP contribution in [-0.2, 0) is 18.0 Å². The summed E-state index contributed by atoms with van der Waals surface area (Å²) in [6.07, 6.45) is 1.53. The van der Waals surface area contributed by atoms with Crippen LogP contribution in [0.3, 0.4) is 0 Å². The zero-order chi connectivity index (χ0) is 28.5. The van der Waals surface area contributed by atoms with Gasteiger partial charge in [0.1, 0.15) is 30.6 Å². The molecule has 1 amide bonds. The Labute approximate surface area is 255 Å². The minimum atomic E-state index is -0.514. The molecule has 0 aliphatic heterocycles. The quantitative estimate of drug-likeness (QED) is 0.102. The van der Waals surface area contributed by atoms with Crippen LogP contribution in [-0.4, -0.2) is 13.0 Å². The number of aryl methyl sites for hydroxylation is 1. The third kappa shape index (κ3) is 8.10. The second kappa shape index (κ2) is 14.0. The molecule has 0 atom stereocenters. The summed E-state index contributed by atoms with van der Waals surface area (Å²) < 4.78 is 19.2. The van der Waals surface area contributed by atoms with E-state index in [1.165, 1.54) is 11.6 Å². The first-order valence-electron chi connectivity index (χ1n) is 12.3. The van der Waals surface area contributed by atoms with Crippen LogP contribution in [0.1, 0.15) is 22.3 Å². The van der Waals surface area contributed by atoms with Crippen LogP contribution < -0.4 is 19.5 Å². The predicted octanol–water partition coefficient (Wildman–Crippen LogP) is 8.07. The Balaban J connectivity index is 1.41. The van der Waals surface area contributed by atoms with Gasteiger partial charge in [-0.05, 0) is 101 Å². The number of benzene rings is 4. The molecule has 0 spiro atoms. The van der Waals surface area contributed by atoms with Crippen molar-refractivity contribution in [2.24, 2.45) is 0 Å². The molecule has 0 fully saturated rings. The summed E-state index contributed by atoms with van der Waals surface area (Å²) in [7, 11) is 1.55. The van der Waals surface area contributed by atoms with Crippen molar-refractivity contribution in [1.29, 1.82) is 5.26 Å². The zero-order valence-electron chi connectivity index (χ0n) is 21.9. The van der Waals surface area contributed by atoms with E-state index in [4.69, 9.17) is 14.2 Å². The van der Waals surface area contributed by atoms with Crippen LogP contribution >= 0.6 is 38.5 Å². The molecule has 0 unspecified atom stereocenters. The van der Waals surface area contributed by atoms with Gasteiger partial charge in [-0.3, -0.25) is 4.79 Å². The number of methoxy groups -OCH3 is 1. The van der Waals surface area contributed by atoms with E-state index in [9.17, 15) is 10.1 Å². The van der Waals surface area contributed by atoms with E-state index >= 15 is 0 Å². The summed E-state index contributed by atoms with van der Waals surface area (Å²) in [6.45, 7) is 2.86. The number of hydrogen-bond acceptors (Lipinski definition) is 5. The van der Waals surface area contributed by atoms with E-state index in [0.29, 0.717) is 41.7 Å². The summed E-state index contributed by atoms with van der Waals surface area (Å²) in [5.41, 5.74) is 4.44. The van der Waals surface area contributed by atoms with E-state index in [1.807, 2.05) is 67.6 Å². The number of amides is 1. The van der Waals surface area contributed by atoms with Gasteiger partial charge in [0.2, 0.25) is 0 Å². The molecule has 0 aliphatic carbocycles. The van der Waals surface area contributed by atoms with Gasteiger partial charge in [-0.25, -0.2) is 0 Å². The smallest absolute Gasteiger partial charge is 0.266 e. The molecule has 6 nitrogen and oxygen atoms in total. The fraction of sp³-hybridized carbons (Fsp3) is 0.125. The van der Waals surface area contributed by atoms with Crippen LogP contribution in [0.2, 0.25) is 0 Å². The van der Waals surface area contributed by atoms with Crippen LogP contribution in [0.5, 0.6) is 17.2 Å². The molecule has 40 heavy (non-hydrogen) atoms. The van der Waals surface area contributed by atoms with Gasteiger partial charge in [0.25, 0.3) is 5.91 Å². The Bertz CT molecular complexity index is 1540. The van der Waals surface area contributed by atoms with E-state index in [0.717, 1.165) is 19.2 Å². The molecule has 0 aromatic heterocycles. The molecule has 1 N–H and O–H groups in total. The molecule has 202 valence electrons. The monoisotopic (exact) mass is 708 g/mol. The van der Waals surface area contributed by atoms with Crippen LogP contribution in [0.4, 0.5) is 5.69 Å². The highest BCUT2D eigenvalue weighted by molar-refractivity contribution is 14.1. The van der Waals surface area contributed by atoms with Gasteiger partial charge in [0.05, 0.1) is 10.7 Å². The SMILES string of the molecule is COc1cc(/C=C(\C#N)C(=O)Nc2ccc(OCc3ccc(C)cc3)cc2)cc(I)c1OCc1ccc(Br)cc1. The predicted molar refractivity (Wildman–Crippen MR) is 168 cm³/mol. The molecular weight excluding hydrogens is 683 g/mol. The van der Waals surface area contributed by atoms with Crippen LogP contribution in [0, 0.1) is 21.8 Å². The molecule has 4 rings (SSSR count). The average molecular weight is 709 g/mol. The maximum Gasteiger partial charge on any atom is 0.266 e. The molecule has 8 heteroatoms. The van der Waals surface area contributed by atoms with E-state index in [2.05, 4.69) is 43.8 Å². The number of ether oxygens (including phenoxy) is 3. The Kier molecular flexibility index (Phi) is 10.2. The Morgan fingerprint density at radius 1 is 0.950 bits per heavy atom. The third-order valence-electron chi connectivity index (χ3n) is 5.86. The second-order valence-corrected chi connectivity index (χ2v) is 10.9. The Morgan fingerprint density at radius 2 is 1.57 bits per heavy atom. The summed E-state index contributed by atoms with van der Waals surface area (Å²) >= 11 is 5.59. The number of nitrogens with zero attached hydrogens (tertiary/aromatic N) is 1. The molecular formula is C32H26BrIN2O4. The number of carbonyl (C=O) groups is 1. The maximum atomic E-state index is 12.9. The summed E-state index contributed by atoms with van der Waals surface area (Å²) in [5, 5.41) is 12.5. The van der Waals surface area contributed by atoms with Crippen molar-refractivity contribution < 1.29 is 19.0 Å². The van der Waals surface area contributed by atoms with Gasteiger partial charge in [-0.2, -0.15) is 5.26 Å². The number of halogens is 2. The van der Waals surface area contributed by atoms with Gasteiger partial charge in [0.15, 0.2) is 11.5 Å². The van der Waals surface area contributed by atoms with Crippen molar-refractivity contribution in [2.75, 3.05) is 12.4 Å². The molecule has 0 saturated carbocycles. The molecule has 0 heterocycles. The zero-order valence-corrected chi connectivity index (χ0v) is 25.7. The highest BCUT2D eigenvalue weighted by atomic mass is 127. The van der Waals surface area contributed by atoms with Gasteiger partial charge >= 0.3 is 0 Å². The van der Waals surface area contributed by atoms with Gasteiger partial charge < -0.3 is 19.5 Å². The number of anilines is 1. The average Bonchev–Trinajstić information content (AvgIpc) is 2.96. The highest BCUT2D eigenvalue weighted by Crippen LogP contribution is 2.35. The van der Waals surface area contributed by atoms with Gasteiger partial charge in [-0.1, -0.05) is 57.9 Å². The normalized spacial score (nSPS) is 10.9. The largest absolute Gasteiger partial charge is 0.493 e. The maximum absolute atomic E-state index is 12.9. The molecule has 4 aromatic rings. The molecule has 4 aromatic carbocycles. The standard InChI is InChI=1S/C32H26BrIN2O4/c1-21-3-5-22(6-4-21)19-39-28-13-11-27(12-14-28)36-32(37)25(18-35)15-24-16-29(34)31(30(17-24)38-2)40-20-23-7-9-26(33)10-8-23/h3-17H,19-20H2,1-2H3,(H,36,37)/b25-15+. The van der Waals surface area contributed by atoms with Crippen molar-refractivity contribution in [3.8, 4) is 23.3 Å². The minimum absolute atomic E-state index is 0.0407. The number of nitrogens with one attached hydrogen (secondary N) is 1. The molecule has 0 saturated heterocycles. The first kappa shape index (κ1) is 29.2. The lowest BCUT2D eigenvalue weighted by Crippen LogP contribution is -2.13. The van der Waals surface area contributed by atoms with Crippen molar-refractivity contribution in [2.45, 2.75) is 20.1 Å². The minimum Gasteiger partial charge on any atom is -0.493 e. The molecule has 0 radical (unpaired) electrons. The van der Waals surface area contributed by atoms with E-state index in [-0.39, 0.29) is 5.57 Å². The van der Waals surface area contributed by atoms with Crippen LogP contribution in [0.25, 0.3) is 6.08 Å². The summed E-state index contributed by atoms with van der Waals surface area (Å²) in [6, 6.07) is 28.6. The number of hydrogen-bond donors (Lipinski definition) is 1. The molecule has 0 aliphatic rings. The lowest BCUT2D eigenvalue weighted by atomic mass is 10.1. The number of rotatable bonds is 10. The Morgan fingerprint density at radius 3 is 2.20 bits per heavy atom. The highest BCUT2D eigenvalue weighted by Gasteiger charge is 2.14. The van der Waals surface area contributed by atoms with Crippen molar-refractivity contribution in [1.82, 2.24) is 0 Å². The topological polar surface area (TPSA) is 80.6 Å². The first-order valence-corrected chi connectivity index (χ1v) is 14.2. The first-order chi connectivity index (χ1) is 19.3. The van der Waals surface area contributed by atoms with Gasteiger partial charge in [-0.15, -0.1) is 0 Å². The van der Waals surface area contributed by atoms with Crippen molar-refractivity contribution >= 4 is 56.2 Å². The lowest BCUT2D eigenvalue weighted by molar-refractivity contribution is -0.112. The molecule has 0 bridgehead atoms. The van der Waals surface area contributed by atoms with Crippen molar-refractivity contribution in [3.63, 3.8) is 0 Å². The summed E-state index contributed by atoms with van der Waals surface area (Å²) in [5.74, 6) is 1.27. The Hall–Kier alpha value is -3.81. The van der Waals surface area contributed by atoms with Gasteiger partial charge in [0, 0.05) is 10.2 Å². The number of carbonyl (C=O) groups excluding carboxylic acids is 1. The number of nitriles is 1. The summed E-state index contributed by atoms with van der Waals surface area (Å²) in [4.78, 5) is 12.9. The fourth-order valence-corrected chi connectivity index (χ4v) is 4.74. The fourth-order valence-electron chi connectivity index (χ4n) is 3.70. The lowest BCUT2D eigenvalue weighted by Gasteiger charge is -2.14. The third-order valence-corrected chi connectivity index (χ3v) is 7.19. The van der Waals surface area contributed by atoms with E-state index in [1.54, 1.807) is 37.4 Å².